The average Bonchev–Trinajstić information content (AvgIpc) is 3.13. The van der Waals surface area contributed by atoms with E-state index in [-0.39, 0.29) is 5.56 Å². The van der Waals surface area contributed by atoms with Gasteiger partial charge in [-0.05, 0) is 51.1 Å². The summed E-state index contributed by atoms with van der Waals surface area (Å²) in [5.74, 6) is 0.424. The molecule has 0 saturated carbocycles. The molecule has 1 aliphatic heterocycles. The lowest BCUT2D eigenvalue weighted by Gasteiger charge is -2.31. The molecular weight excluding hydrogens is 354 g/mol. The molecule has 0 spiro atoms. The number of likely N-dealkylation sites (tertiary alicyclic amines) is 1. The molecule has 1 fully saturated rings. The molecule has 1 aliphatic rings. The molecule has 146 valence electrons. The van der Waals surface area contributed by atoms with Crippen molar-refractivity contribution in [2.24, 2.45) is 5.73 Å². The number of fused-ring (bicyclic) bond motifs is 1. The molecule has 7 nitrogen and oxygen atoms in total. The van der Waals surface area contributed by atoms with E-state index in [0.717, 1.165) is 49.1 Å². The van der Waals surface area contributed by atoms with Crippen LogP contribution in [0.25, 0.3) is 17.0 Å². The Balaban J connectivity index is 1.37. The zero-order chi connectivity index (χ0) is 19.5. The fourth-order valence-corrected chi connectivity index (χ4v) is 3.83. The van der Waals surface area contributed by atoms with Gasteiger partial charge >= 0.3 is 0 Å². The Morgan fingerprint density at radius 1 is 1.29 bits per heavy atom. The van der Waals surface area contributed by atoms with E-state index in [1.54, 1.807) is 30.0 Å². The van der Waals surface area contributed by atoms with Crippen LogP contribution in [0.3, 0.4) is 0 Å². The van der Waals surface area contributed by atoms with Crippen molar-refractivity contribution in [1.29, 1.82) is 0 Å². The van der Waals surface area contributed by atoms with Crippen molar-refractivity contribution in [3.05, 3.63) is 64.1 Å². The smallest absolute Gasteiger partial charge is 0.276 e. The molecule has 1 saturated heterocycles. The Hall–Kier alpha value is -2.93. The molecule has 3 aromatic rings. The van der Waals surface area contributed by atoms with Crippen LogP contribution < -0.4 is 11.3 Å². The summed E-state index contributed by atoms with van der Waals surface area (Å²) in [6.45, 7) is 5.20. The van der Waals surface area contributed by atoms with Crippen LogP contribution in [0.1, 0.15) is 37.1 Å². The minimum absolute atomic E-state index is 0.101. The van der Waals surface area contributed by atoms with Gasteiger partial charge in [0.05, 0.1) is 5.69 Å². The summed E-state index contributed by atoms with van der Waals surface area (Å²) >= 11 is 0. The third kappa shape index (κ3) is 3.84. The van der Waals surface area contributed by atoms with Gasteiger partial charge in [0.1, 0.15) is 5.69 Å². The lowest BCUT2D eigenvalue weighted by molar-refractivity contribution is 0.202. The van der Waals surface area contributed by atoms with E-state index < -0.39 is 0 Å². The molecular formula is C21H25N5O2. The van der Waals surface area contributed by atoms with Gasteiger partial charge in [0.15, 0.2) is 5.58 Å². The number of aromatic nitrogens is 3. The topological polar surface area (TPSA) is 90.2 Å². The highest BCUT2D eigenvalue weighted by Crippen LogP contribution is 2.32. The van der Waals surface area contributed by atoms with Gasteiger partial charge in [-0.25, -0.2) is 4.98 Å². The van der Waals surface area contributed by atoms with E-state index in [0.29, 0.717) is 23.9 Å². The lowest BCUT2D eigenvalue weighted by atomic mass is 9.91. The van der Waals surface area contributed by atoms with E-state index in [4.69, 9.17) is 10.3 Å². The first-order valence-corrected chi connectivity index (χ1v) is 9.67. The average molecular weight is 379 g/mol. The largest absolute Gasteiger partial charge is 0.402 e. The van der Waals surface area contributed by atoms with Crippen LogP contribution in [0.15, 0.2) is 51.7 Å². The quantitative estimate of drug-likeness (QED) is 0.733. The highest BCUT2D eigenvalue weighted by Gasteiger charge is 2.24. The van der Waals surface area contributed by atoms with Gasteiger partial charge in [-0.1, -0.05) is 17.3 Å². The number of nitrogens with two attached hydrogens (primary N) is 1. The summed E-state index contributed by atoms with van der Waals surface area (Å²) in [6, 6.07) is 8.04. The summed E-state index contributed by atoms with van der Waals surface area (Å²) in [4.78, 5) is 19.0. The molecule has 7 heteroatoms. The molecule has 3 heterocycles. The molecule has 4 rings (SSSR count). The maximum absolute atomic E-state index is 12.5. The second-order valence-electron chi connectivity index (χ2n) is 7.38. The van der Waals surface area contributed by atoms with E-state index in [9.17, 15) is 4.79 Å². The normalized spacial score (nSPS) is 16.7. The minimum atomic E-state index is -0.101. The van der Waals surface area contributed by atoms with Gasteiger partial charge in [0.2, 0.25) is 0 Å². The first-order valence-electron chi connectivity index (χ1n) is 9.67. The SMILES string of the molecule is C/C(N)=C/c1nccn(CCN2CCC(c3noc4ccccc34)CC2)c1=O. The fraction of sp³-hybridized carbons (Fsp3) is 0.381. The van der Waals surface area contributed by atoms with Crippen molar-refractivity contribution < 1.29 is 4.52 Å². The van der Waals surface area contributed by atoms with Crippen molar-refractivity contribution in [1.82, 2.24) is 19.6 Å². The van der Waals surface area contributed by atoms with Crippen LogP contribution in [0, 0.1) is 0 Å². The second-order valence-corrected chi connectivity index (χ2v) is 7.38. The van der Waals surface area contributed by atoms with Crippen LogP contribution in [0.2, 0.25) is 0 Å². The summed E-state index contributed by atoms with van der Waals surface area (Å²) in [5, 5.41) is 5.45. The molecule has 2 N–H and O–H groups in total. The number of benzene rings is 1. The van der Waals surface area contributed by atoms with Crippen molar-refractivity contribution in [3.63, 3.8) is 0 Å². The third-order valence-electron chi connectivity index (χ3n) is 5.34. The lowest BCUT2D eigenvalue weighted by Crippen LogP contribution is -2.37. The summed E-state index contributed by atoms with van der Waals surface area (Å²) < 4.78 is 7.17. The molecule has 2 aromatic heterocycles. The summed E-state index contributed by atoms with van der Waals surface area (Å²) in [5.41, 5.74) is 8.47. The number of allylic oxidation sites excluding steroid dienone is 1. The Morgan fingerprint density at radius 3 is 2.86 bits per heavy atom. The predicted molar refractivity (Wildman–Crippen MR) is 109 cm³/mol. The van der Waals surface area contributed by atoms with Gasteiger partial charge in [-0.2, -0.15) is 0 Å². The highest BCUT2D eigenvalue weighted by atomic mass is 16.5. The van der Waals surface area contributed by atoms with Crippen LogP contribution in [-0.4, -0.2) is 39.2 Å². The molecule has 1 aromatic carbocycles. The molecule has 0 aliphatic carbocycles. The number of rotatable bonds is 5. The first kappa shape index (κ1) is 18.4. The number of hydrogen-bond acceptors (Lipinski definition) is 6. The molecule has 0 bridgehead atoms. The fourth-order valence-electron chi connectivity index (χ4n) is 3.83. The Kier molecular flexibility index (Phi) is 5.25. The Labute approximate surface area is 163 Å². The van der Waals surface area contributed by atoms with Crippen LogP contribution >= 0.6 is 0 Å². The van der Waals surface area contributed by atoms with Crippen LogP contribution in [0.5, 0.6) is 0 Å². The van der Waals surface area contributed by atoms with Crippen LogP contribution in [0.4, 0.5) is 0 Å². The van der Waals surface area contributed by atoms with Gasteiger partial charge in [0.25, 0.3) is 5.56 Å². The van der Waals surface area contributed by atoms with Crippen molar-refractivity contribution in [2.75, 3.05) is 19.6 Å². The van der Waals surface area contributed by atoms with Crippen molar-refractivity contribution >= 4 is 17.0 Å². The zero-order valence-corrected chi connectivity index (χ0v) is 16.0. The maximum Gasteiger partial charge on any atom is 0.276 e. The number of piperidine rings is 1. The predicted octanol–water partition coefficient (Wildman–Crippen LogP) is 2.58. The van der Waals surface area contributed by atoms with Crippen LogP contribution in [-0.2, 0) is 6.54 Å². The second kappa shape index (κ2) is 7.98. The molecule has 28 heavy (non-hydrogen) atoms. The molecule has 0 radical (unpaired) electrons. The summed E-state index contributed by atoms with van der Waals surface area (Å²) in [7, 11) is 0. The van der Waals surface area contributed by atoms with E-state index in [2.05, 4.69) is 21.1 Å². The zero-order valence-electron chi connectivity index (χ0n) is 16.0. The first-order chi connectivity index (χ1) is 13.6. The summed E-state index contributed by atoms with van der Waals surface area (Å²) in [6.07, 6.45) is 7.09. The Morgan fingerprint density at radius 2 is 2.07 bits per heavy atom. The van der Waals surface area contributed by atoms with E-state index >= 15 is 0 Å². The van der Waals surface area contributed by atoms with Gasteiger partial charge < -0.3 is 19.7 Å². The number of hydrogen-bond donors (Lipinski definition) is 1. The molecule has 0 unspecified atom stereocenters. The van der Waals surface area contributed by atoms with Gasteiger partial charge in [-0.3, -0.25) is 4.79 Å². The number of para-hydroxylation sites is 1. The van der Waals surface area contributed by atoms with Crippen molar-refractivity contribution in [3.8, 4) is 0 Å². The standard InChI is InChI=1S/C21H25N5O2/c1-15(22)14-18-21(27)26(11-8-23-18)13-12-25-9-6-16(7-10-25)20-17-4-2-3-5-19(17)28-24-20/h2-5,8,11,14,16H,6-7,9-10,12-13,22H2,1H3/b15-14-. The monoisotopic (exact) mass is 379 g/mol. The van der Waals surface area contributed by atoms with Gasteiger partial charge in [0, 0.05) is 42.5 Å². The van der Waals surface area contributed by atoms with Gasteiger partial charge in [-0.15, -0.1) is 0 Å². The van der Waals surface area contributed by atoms with E-state index in [1.807, 2.05) is 18.2 Å². The minimum Gasteiger partial charge on any atom is -0.402 e. The third-order valence-corrected chi connectivity index (χ3v) is 5.34. The Bertz CT molecular complexity index is 1040. The number of nitrogens with zero attached hydrogens (tertiary/aromatic N) is 4. The van der Waals surface area contributed by atoms with E-state index in [1.165, 1.54) is 0 Å². The maximum atomic E-state index is 12.5. The van der Waals surface area contributed by atoms with Crippen molar-refractivity contribution in [2.45, 2.75) is 32.2 Å². The highest BCUT2D eigenvalue weighted by molar-refractivity contribution is 5.79. The molecule has 0 atom stereocenters. The molecule has 0 amide bonds.